The molecule has 0 saturated carbocycles. The van der Waals surface area contributed by atoms with Crippen molar-refractivity contribution in [2.45, 2.75) is 13.8 Å². The normalized spacial score (nSPS) is 10.0. The highest BCUT2D eigenvalue weighted by atomic mass is 35.5. The third kappa shape index (κ3) is 4.28. The molecule has 0 saturated heterocycles. The summed E-state index contributed by atoms with van der Waals surface area (Å²) in [6.07, 6.45) is 0. The lowest BCUT2D eigenvalue weighted by molar-refractivity contribution is 0.0977. The Hall–Kier alpha value is -1.91. The molecule has 0 unspecified atom stereocenters. The van der Waals surface area contributed by atoms with Gasteiger partial charge < -0.3 is 5.32 Å². The van der Waals surface area contributed by atoms with E-state index in [1.807, 2.05) is 44.2 Å². The molecule has 21 heavy (non-hydrogen) atoms. The van der Waals surface area contributed by atoms with Gasteiger partial charge in [-0.25, -0.2) is 0 Å². The molecule has 0 bridgehead atoms. The lowest BCUT2D eigenvalue weighted by Gasteiger charge is -2.12. The number of benzene rings is 2. The molecule has 2 rings (SSSR count). The molecule has 0 fully saturated rings. The standard InChI is InChI=1S/C16H15ClN2OS/c1-10-4-3-5-12(8-10)15(20)19-16(21)18-14-7-6-13(17)9-11(14)2/h3-9H,1-2H3,(H2,18,19,20,21). The molecule has 1 amide bonds. The van der Waals surface area contributed by atoms with Crippen molar-refractivity contribution in [3.05, 3.63) is 64.2 Å². The third-order valence-corrected chi connectivity index (χ3v) is 3.38. The van der Waals surface area contributed by atoms with Crippen LogP contribution in [0, 0.1) is 13.8 Å². The van der Waals surface area contributed by atoms with Crippen molar-refractivity contribution in [3.8, 4) is 0 Å². The smallest absolute Gasteiger partial charge is 0.257 e. The van der Waals surface area contributed by atoms with E-state index in [4.69, 9.17) is 23.8 Å². The van der Waals surface area contributed by atoms with E-state index in [-0.39, 0.29) is 11.0 Å². The second-order valence-corrected chi connectivity index (χ2v) is 5.58. The van der Waals surface area contributed by atoms with E-state index < -0.39 is 0 Å². The van der Waals surface area contributed by atoms with E-state index in [0.717, 1.165) is 16.8 Å². The number of carbonyl (C=O) groups excluding carboxylic acids is 1. The highest BCUT2D eigenvalue weighted by Crippen LogP contribution is 2.19. The SMILES string of the molecule is Cc1cccc(C(=O)NC(=S)Nc2ccc(Cl)cc2C)c1. The molecule has 0 aromatic heterocycles. The molecule has 0 radical (unpaired) electrons. The van der Waals surface area contributed by atoms with Crippen LogP contribution >= 0.6 is 23.8 Å². The summed E-state index contributed by atoms with van der Waals surface area (Å²) in [6, 6.07) is 12.7. The second kappa shape index (κ2) is 6.70. The first-order chi connectivity index (χ1) is 9.95. The Morgan fingerprint density at radius 1 is 1.14 bits per heavy atom. The lowest BCUT2D eigenvalue weighted by Crippen LogP contribution is -2.34. The van der Waals surface area contributed by atoms with Crippen molar-refractivity contribution in [3.63, 3.8) is 0 Å². The molecule has 0 aliphatic rings. The summed E-state index contributed by atoms with van der Waals surface area (Å²) in [6.45, 7) is 3.85. The van der Waals surface area contributed by atoms with Crippen molar-refractivity contribution in [1.82, 2.24) is 5.32 Å². The van der Waals surface area contributed by atoms with Gasteiger partial charge in [-0.3, -0.25) is 10.1 Å². The number of halogens is 1. The lowest BCUT2D eigenvalue weighted by atomic mass is 10.1. The molecule has 5 heteroatoms. The van der Waals surface area contributed by atoms with Gasteiger partial charge in [-0.2, -0.15) is 0 Å². The van der Waals surface area contributed by atoms with Crippen molar-refractivity contribution in [2.75, 3.05) is 5.32 Å². The van der Waals surface area contributed by atoms with E-state index in [1.54, 1.807) is 12.1 Å². The molecule has 3 nitrogen and oxygen atoms in total. The zero-order valence-corrected chi connectivity index (χ0v) is 13.3. The van der Waals surface area contributed by atoms with Crippen LogP contribution in [0.15, 0.2) is 42.5 Å². The average molecular weight is 319 g/mol. The first-order valence-electron chi connectivity index (χ1n) is 6.41. The number of rotatable bonds is 2. The van der Waals surface area contributed by atoms with Gasteiger partial charge in [0.15, 0.2) is 5.11 Å². The molecule has 0 heterocycles. The third-order valence-electron chi connectivity index (χ3n) is 2.94. The Bertz CT molecular complexity index is 700. The first kappa shape index (κ1) is 15.5. The fraction of sp³-hybridized carbons (Fsp3) is 0.125. The molecule has 2 aromatic carbocycles. The Morgan fingerprint density at radius 3 is 2.57 bits per heavy atom. The van der Waals surface area contributed by atoms with Gasteiger partial charge in [-0.1, -0.05) is 29.3 Å². The van der Waals surface area contributed by atoms with Crippen molar-refractivity contribution in [1.29, 1.82) is 0 Å². The zero-order chi connectivity index (χ0) is 15.4. The molecule has 0 atom stereocenters. The molecule has 0 aliphatic carbocycles. The zero-order valence-electron chi connectivity index (χ0n) is 11.7. The molecule has 0 aliphatic heterocycles. The summed E-state index contributed by atoms with van der Waals surface area (Å²) in [7, 11) is 0. The Balaban J connectivity index is 2.03. The van der Waals surface area contributed by atoms with E-state index >= 15 is 0 Å². The van der Waals surface area contributed by atoms with Crippen LogP contribution in [0.2, 0.25) is 5.02 Å². The van der Waals surface area contributed by atoms with Crippen LogP contribution in [0.4, 0.5) is 5.69 Å². The van der Waals surface area contributed by atoms with Crippen LogP contribution in [0.3, 0.4) is 0 Å². The Kier molecular flexibility index (Phi) is 4.94. The van der Waals surface area contributed by atoms with Gasteiger partial charge >= 0.3 is 0 Å². The topological polar surface area (TPSA) is 41.1 Å². The molecule has 2 N–H and O–H groups in total. The predicted molar refractivity (Wildman–Crippen MR) is 91.1 cm³/mol. The van der Waals surface area contributed by atoms with Gasteiger partial charge in [0.05, 0.1) is 0 Å². The number of carbonyl (C=O) groups is 1. The molecule has 2 aromatic rings. The average Bonchev–Trinajstić information content (AvgIpc) is 2.42. The van der Waals surface area contributed by atoms with Crippen LogP contribution in [-0.4, -0.2) is 11.0 Å². The number of aryl methyl sites for hydroxylation is 2. The summed E-state index contributed by atoms with van der Waals surface area (Å²) < 4.78 is 0. The molecule has 108 valence electrons. The maximum absolute atomic E-state index is 12.1. The predicted octanol–water partition coefficient (Wildman–Crippen LogP) is 4.08. The number of nitrogens with one attached hydrogen (secondary N) is 2. The van der Waals surface area contributed by atoms with Crippen LogP contribution in [0.1, 0.15) is 21.5 Å². The number of hydrogen-bond acceptors (Lipinski definition) is 2. The Labute approximate surface area is 134 Å². The van der Waals surface area contributed by atoms with Crippen molar-refractivity contribution >= 4 is 40.5 Å². The minimum absolute atomic E-state index is 0.234. The maximum Gasteiger partial charge on any atom is 0.257 e. The van der Waals surface area contributed by atoms with Crippen LogP contribution in [0.25, 0.3) is 0 Å². The fourth-order valence-corrected chi connectivity index (χ4v) is 2.31. The van der Waals surface area contributed by atoms with Crippen LogP contribution in [0.5, 0.6) is 0 Å². The summed E-state index contributed by atoms with van der Waals surface area (Å²) in [4.78, 5) is 12.1. The largest absolute Gasteiger partial charge is 0.332 e. The summed E-state index contributed by atoms with van der Waals surface area (Å²) in [5.74, 6) is -0.234. The number of anilines is 1. The fourth-order valence-electron chi connectivity index (χ4n) is 1.88. The van der Waals surface area contributed by atoms with E-state index in [2.05, 4.69) is 10.6 Å². The van der Waals surface area contributed by atoms with E-state index in [0.29, 0.717) is 10.6 Å². The van der Waals surface area contributed by atoms with Gasteiger partial charge in [0.25, 0.3) is 5.91 Å². The highest BCUT2D eigenvalue weighted by Gasteiger charge is 2.08. The van der Waals surface area contributed by atoms with Gasteiger partial charge in [0.1, 0.15) is 0 Å². The van der Waals surface area contributed by atoms with Gasteiger partial charge in [0.2, 0.25) is 0 Å². The van der Waals surface area contributed by atoms with Gasteiger partial charge in [0, 0.05) is 16.3 Å². The minimum atomic E-state index is -0.234. The summed E-state index contributed by atoms with van der Waals surface area (Å²) in [5.41, 5.74) is 3.37. The van der Waals surface area contributed by atoms with Crippen LogP contribution < -0.4 is 10.6 Å². The Morgan fingerprint density at radius 2 is 1.90 bits per heavy atom. The van der Waals surface area contributed by atoms with Crippen molar-refractivity contribution in [2.24, 2.45) is 0 Å². The number of hydrogen-bond donors (Lipinski definition) is 2. The minimum Gasteiger partial charge on any atom is -0.332 e. The van der Waals surface area contributed by atoms with Crippen LogP contribution in [-0.2, 0) is 0 Å². The van der Waals surface area contributed by atoms with Crippen molar-refractivity contribution < 1.29 is 4.79 Å². The van der Waals surface area contributed by atoms with E-state index in [1.165, 1.54) is 0 Å². The first-order valence-corrected chi connectivity index (χ1v) is 7.19. The number of thiocarbonyl (C=S) groups is 1. The highest BCUT2D eigenvalue weighted by molar-refractivity contribution is 7.80. The number of amides is 1. The van der Waals surface area contributed by atoms with Gasteiger partial charge in [-0.15, -0.1) is 0 Å². The molecular weight excluding hydrogens is 304 g/mol. The molecule has 0 spiro atoms. The second-order valence-electron chi connectivity index (χ2n) is 4.74. The van der Waals surface area contributed by atoms with Gasteiger partial charge in [-0.05, 0) is 62.0 Å². The monoisotopic (exact) mass is 318 g/mol. The van der Waals surface area contributed by atoms with E-state index in [9.17, 15) is 4.79 Å². The molecular formula is C16H15ClN2OS. The maximum atomic E-state index is 12.1. The summed E-state index contributed by atoms with van der Waals surface area (Å²) >= 11 is 11.1. The quantitative estimate of drug-likeness (QED) is 0.820. The summed E-state index contributed by atoms with van der Waals surface area (Å²) in [5, 5.41) is 6.57.